The number of rotatable bonds is 4. The minimum atomic E-state index is -0.563. The Morgan fingerprint density at radius 2 is 1.77 bits per heavy atom. The Hall–Kier alpha value is -2.42. The van der Waals surface area contributed by atoms with Crippen LogP contribution in [0.25, 0.3) is 0 Å². The summed E-state index contributed by atoms with van der Waals surface area (Å²) >= 11 is 1.12. The van der Waals surface area contributed by atoms with E-state index < -0.39 is 11.7 Å². The summed E-state index contributed by atoms with van der Waals surface area (Å²) in [5, 5.41) is 9.37. The molecule has 0 bridgehead atoms. The summed E-state index contributed by atoms with van der Waals surface area (Å²) in [7, 11) is 0. The molecule has 1 amide bonds. The SMILES string of the molecule is CC(C)(C)OC(=O)NSC(CO)c1cccc(C#Cc2ccccc2)c1. The fraction of sp³-hybridized carbons (Fsp3) is 0.286. The van der Waals surface area contributed by atoms with Crippen LogP contribution in [0, 0.1) is 11.8 Å². The lowest BCUT2D eigenvalue weighted by Gasteiger charge is -2.21. The smallest absolute Gasteiger partial charge is 0.417 e. The summed E-state index contributed by atoms with van der Waals surface area (Å²) in [5.74, 6) is 6.24. The third-order valence-electron chi connectivity index (χ3n) is 3.23. The Morgan fingerprint density at radius 3 is 2.42 bits per heavy atom. The van der Waals surface area contributed by atoms with Crippen LogP contribution in [0.1, 0.15) is 42.7 Å². The van der Waals surface area contributed by atoms with Crippen LogP contribution in [0.15, 0.2) is 54.6 Å². The zero-order valence-corrected chi connectivity index (χ0v) is 16.0. The summed E-state index contributed by atoms with van der Waals surface area (Å²) in [6.07, 6.45) is -0.527. The molecule has 2 rings (SSSR count). The number of carbonyl (C=O) groups is 1. The highest BCUT2D eigenvalue weighted by Gasteiger charge is 2.18. The van der Waals surface area contributed by atoms with E-state index in [0.717, 1.165) is 28.6 Å². The first-order chi connectivity index (χ1) is 12.4. The third-order valence-corrected chi connectivity index (χ3v) is 4.22. The Morgan fingerprint density at radius 1 is 1.12 bits per heavy atom. The number of aliphatic hydroxyl groups is 1. The molecule has 1 unspecified atom stereocenters. The van der Waals surface area contributed by atoms with Crippen molar-refractivity contribution < 1.29 is 14.6 Å². The molecule has 0 aliphatic heterocycles. The van der Waals surface area contributed by atoms with Gasteiger partial charge in [-0.3, -0.25) is 4.72 Å². The highest BCUT2D eigenvalue weighted by molar-refractivity contribution is 7.98. The Labute approximate surface area is 159 Å². The molecule has 26 heavy (non-hydrogen) atoms. The molecule has 2 aromatic carbocycles. The van der Waals surface area contributed by atoms with E-state index in [1.54, 1.807) is 20.8 Å². The molecule has 1 atom stereocenters. The second kappa shape index (κ2) is 9.33. The first-order valence-electron chi connectivity index (χ1n) is 8.30. The van der Waals surface area contributed by atoms with Crippen LogP contribution >= 0.6 is 11.9 Å². The number of benzene rings is 2. The maximum Gasteiger partial charge on any atom is 0.417 e. The average molecular weight is 369 g/mol. The molecule has 4 nitrogen and oxygen atoms in total. The lowest BCUT2D eigenvalue weighted by atomic mass is 10.1. The fourth-order valence-electron chi connectivity index (χ4n) is 2.11. The summed E-state index contributed by atoms with van der Waals surface area (Å²) in [4.78, 5) is 11.8. The van der Waals surface area contributed by atoms with Crippen molar-refractivity contribution in [1.29, 1.82) is 0 Å². The lowest BCUT2D eigenvalue weighted by Crippen LogP contribution is -2.29. The molecule has 0 saturated heterocycles. The normalized spacial score (nSPS) is 11.8. The number of nitrogens with one attached hydrogen (secondary N) is 1. The quantitative estimate of drug-likeness (QED) is 0.623. The van der Waals surface area contributed by atoms with Crippen molar-refractivity contribution in [2.45, 2.75) is 31.6 Å². The van der Waals surface area contributed by atoms with Crippen LogP contribution in [0.5, 0.6) is 0 Å². The highest BCUT2D eigenvalue weighted by atomic mass is 32.2. The van der Waals surface area contributed by atoms with Crippen molar-refractivity contribution in [3.05, 3.63) is 71.3 Å². The van der Waals surface area contributed by atoms with Crippen LogP contribution in [0.2, 0.25) is 0 Å². The van der Waals surface area contributed by atoms with Crippen LogP contribution in [-0.2, 0) is 4.74 Å². The van der Waals surface area contributed by atoms with Crippen LogP contribution in [0.4, 0.5) is 4.79 Å². The highest BCUT2D eigenvalue weighted by Crippen LogP contribution is 2.26. The van der Waals surface area contributed by atoms with Gasteiger partial charge < -0.3 is 9.84 Å². The van der Waals surface area contributed by atoms with Gasteiger partial charge in [0.15, 0.2) is 0 Å². The topological polar surface area (TPSA) is 58.6 Å². The summed E-state index contributed by atoms with van der Waals surface area (Å²) < 4.78 is 7.83. The molecule has 0 heterocycles. The van der Waals surface area contributed by atoms with Gasteiger partial charge in [0.2, 0.25) is 0 Å². The zero-order chi connectivity index (χ0) is 19.0. The molecule has 2 aromatic rings. The van der Waals surface area contributed by atoms with Crippen molar-refractivity contribution >= 4 is 18.0 Å². The number of ether oxygens (including phenoxy) is 1. The molecule has 2 N–H and O–H groups in total. The monoisotopic (exact) mass is 369 g/mol. The first kappa shape index (κ1) is 19.9. The Kier molecular flexibility index (Phi) is 7.14. The Balaban J connectivity index is 2.05. The molecule has 0 aliphatic carbocycles. The molecular weight excluding hydrogens is 346 g/mol. The van der Waals surface area contributed by atoms with Crippen LogP contribution in [-0.4, -0.2) is 23.4 Å². The van der Waals surface area contributed by atoms with Gasteiger partial charge in [-0.15, -0.1) is 0 Å². The van der Waals surface area contributed by atoms with Crippen LogP contribution in [0.3, 0.4) is 0 Å². The van der Waals surface area contributed by atoms with Gasteiger partial charge in [-0.2, -0.15) is 0 Å². The van der Waals surface area contributed by atoms with Crippen molar-refractivity contribution in [2.24, 2.45) is 0 Å². The standard InChI is InChI=1S/C21H23NO3S/c1-21(2,3)25-20(24)22-26-19(15-23)18-11-7-10-17(14-18)13-12-16-8-5-4-6-9-16/h4-11,14,19,23H,15H2,1-3H3,(H,22,24). The molecular formula is C21H23NO3S. The molecule has 0 aromatic heterocycles. The maximum atomic E-state index is 11.8. The largest absolute Gasteiger partial charge is 0.443 e. The van der Waals surface area contributed by atoms with Crippen molar-refractivity contribution in [3.63, 3.8) is 0 Å². The molecule has 0 spiro atoms. The van der Waals surface area contributed by atoms with E-state index in [0.29, 0.717) is 0 Å². The van der Waals surface area contributed by atoms with Gasteiger partial charge in [0.1, 0.15) is 5.60 Å². The van der Waals surface area contributed by atoms with E-state index in [1.165, 1.54) is 0 Å². The van der Waals surface area contributed by atoms with E-state index in [9.17, 15) is 9.90 Å². The van der Waals surface area contributed by atoms with E-state index in [-0.39, 0.29) is 11.9 Å². The van der Waals surface area contributed by atoms with Gasteiger partial charge in [0.05, 0.1) is 11.9 Å². The lowest BCUT2D eigenvalue weighted by molar-refractivity contribution is 0.0574. The second-order valence-electron chi connectivity index (χ2n) is 6.63. The first-order valence-corrected chi connectivity index (χ1v) is 9.18. The molecule has 5 heteroatoms. The summed E-state index contributed by atoms with van der Waals surface area (Å²) in [5.41, 5.74) is 2.11. The summed E-state index contributed by atoms with van der Waals surface area (Å²) in [6.45, 7) is 5.29. The summed E-state index contributed by atoms with van der Waals surface area (Å²) in [6, 6.07) is 17.4. The molecule has 136 valence electrons. The predicted octanol–water partition coefficient (Wildman–Crippen LogP) is 4.29. The van der Waals surface area contributed by atoms with Crippen molar-refractivity contribution in [1.82, 2.24) is 4.72 Å². The molecule has 0 radical (unpaired) electrons. The number of hydrogen-bond acceptors (Lipinski definition) is 4. The van der Waals surface area contributed by atoms with Crippen LogP contribution < -0.4 is 4.72 Å². The predicted molar refractivity (Wildman–Crippen MR) is 106 cm³/mol. The molecule has 0 fully saturated rings. The van der Waals surface area contributed by atoms with Gasteiger partial charge in [0.25, 0.3) is 0 Å². The van der Waals surface area contributed by atoms with E-state index in [4.69, 9.17) is 4.74 Å². The molecule has 0 aliphatic rings. The van der Waals surface area contributed by atoms with Gasteiger partial charge >= 0.3 is 6.09 Å². The number of hydrogen-bond donors (Lipinski definition) is 2. The van der Waals surface area contributed by atoms with Gasteiger partial charge in [-0.05, 0) is 62.5 Å². The number of carbonyl (C=O) groups excluding carboxylic acids is 1. The van der Waals surface area contributed by atoms with Gasteiger partial charge in [-0.25, -0.2) is 4.79 Å². The Bertz CT molecular complexity index is 788. The number of amides is 1. The minimum Gasteiger partial charge on any atom is -0.443 e. The van der Waals surface area contributed by atoms with E-state index >= 15 is 0 Å². The van der Waals surface area contributed by atoms with Gasteiger partial charge in [-0.1, -0.05) is 42.2 Å². The fourth-order valence-corrected chi connectivity index (χ4v) is 2.75. The molecule has 0 saturated carbocycles. The van der Waals surface area contributed by atoms with E-state index in [1.807, 2.05) is 54.6 Å². The third kappa shape index (κ3) is 6.83. The van der Waals surface area contributed by atoms with E-state index in [2.05, 4.69) is 16.6 Å². The minimum absolute atomic E-state index is 0.115. The van der Waals surface area contributed by atoms with Crippen molar-refractivity contribution in [3.8, 4) is 11.8 Å². The maximum absolute atomic E-state index is 11.8. The van der Waals surface area contributed by atoms with Crippen molar-refractivity contribution in [2.75, 3.05) is 6.61 Å². The average Bonchev–Trinajstić information content (AvgIpc) is 2.60. The number of aliphatic hydroxyl groups excluding tert-OH is 1. The zero-order valence-electron chi connectivity index (χ0n) is 15.2. The second-order valence-corrected chi connectivity index (χ2v) is 7.64. The van der Waals surface area contributed by atoms with Gasteiger partial charge in [0, 0.05) is 11.1 Å².